The van der Waals surface area contributed by atoms with Crippen molar-refractivity contribution in [3.05, 3.63) is 11.1 Å². The molecule has 0 saturated carbocycles. The van der Waals surface area contributed by atoms with Crippen LogP contribution >= 0.6 is 11.3 Å². The van der Waals surface area contributed by atoms with E-state index in [-0.39, 0.29) is 0 Å². The van der Waals surface area contributed by atoms with Gasteiger partial charge in [-0.1, -0.05) is 27.7 Å². The second kappa shape index (κ2) is 6.97. The minimum Gasteiger partial charge on any atom is -0.375 e. The van der Waals surface area contributed by atoms with Crippen LogP contribution in [0.5, 0.6) is 0 Å². The van der Waals surface area contributed by atoms with Crippen LogP contribution in [0.1, 0.15) is 33.4 Å². The number of thiazole rings is 1. The van der Waals surface area contributed by atoms with Crippen LogP contribution in [0, 0.1) is 11.8 Å². The molecule has 0 radical (unpaired) electrons. The Hall–Kier alpha value is -0.610. The minimum atomic E-state index is 0.680. The van der Waals surface area contributed by atoms with Crippen molar-refractivity contribution in [3.8, 4) is 0 Å². The van der Waals surface area contributed by atoms with E-state index in [0.29, 0.717) is 17.0 Å². The van der Waals surface area contributed by atoms with E-state index >= 15 is 0 Å². The molecule has 0 bridgehead atoms. The lowest BCUT2D eigenvalue weighted by atomic mass is 10.1. The number of nitrogen functional groups attached to an aromatic ring is 1. The molecule has 0 atom stereocenters. The lowest BCUT2D eigenvalue weighted by Gasteiger charge is -2.25. The predicted octanol–water partition coefficient (Wildman–Crippen LogP) is 2.88. The van der Waals surface area contributed by atoms with Crippen LogP contribution in [0.4, 0.5) is 5.13 Å². The van der Waals surface area contributed by atoms with Gasteiger partial charge in [0.2, 0.25) is 0 Å². The van der Waals surface area contributed by atoms with Crippen LogP contribution in [0.2, 0.25) is 0 Å². The van der Waals surface area contributed by atoms with Gasteiger partial charge in [0.15, 0.2) is 5.13 Å². The van der Waals surface area contributed by atoms with E-state index in [2.05, 4.69) is 43.0 Å². The fraction of sp³-hybridized carbons (Fsp3) is 0.769. The van der Waals surface area contributed by atoms with E-state index in [9.17, 15) is 0 Å². The van der Waals surface area contributed by atoms with E-state index in [1.807, 2.05) is 0 Å². The molecule has 98 valence electrons. The average Bonchev–Trinajstić information content (AvgIpc) is 2.59. The van der Waals surface area contributed by atoms with Crippen molar-refractivity contribution >= 4 is 16.5 Å². The molecule has 1 rings (SSSR count). The summed E-state index contributed by atoms with van der Waals surface area (Å²) in [5.41, 5.74) is 6.77. The minimum absolute atomic E-state index is 0.680. The van der Waals surface area contributed by atoms with Gasteiger partial charge in [0.25, 0.3) is 0 Å². The van der Waals surface area contributed by atoms with Gasteiger partial charge in [0.1, 0.15) is 0 Å². The maximum absolute atomic E-state index is 5.64. The van der Waals surface area contributed by atoms with Crippen LogP contribution in [0.15, 0.2) is 5.38 Å². The first-order valence-electron chi connectivity index (χ1n) is 6.39. The molecule has 1 aromatic heterocycles. The summed E-state index contributed by atoms with van der Waals surface area (Å²) in [6.45, 7) is 12.5. The molecule has 0 saturated heterocycles. The highest BCUT2D eigenvalue weighted by molar-refractivity contribution is 7.13. The summed E-state index contributed by atoms with van der Waals surface area (Å²) >= 11 is 1.53. The standard InChI is InChI=1S/C13H25N3S/c1-10(2)7-16(8-11(3)4)6-5-12-9-17-13(14)15-12/h9-11H,5-8H2,1-4H3,(H2,14,15). The normalized spacial score (nSPS) is 11.9. The smallest absolute Gasteiger partial charge is 0.180 e. The zero-order valence-corrected chi connectivity index (χ0v) is 12.3. The third kappa shape index (κ3) is 6.03. The molecule has 0 unspecified atom stereocenters. The van der Waals surface area contributed by atoms with Gasteiger partial charge in [-0.3, -0.25) is 0 Å². The molecule has 0 spiro atoms. The van der Waals surface area contributed by atoms with Crippen molar-refractivity contribution in [1.82, 2.24) is 9.88 Å². The van der Waals surface area contributed by atoms with Gasteiger partial charge < -0.3 is 10.6 Å². The molecule has 0 fully saturated rings. The lowest BCUT2D eigenvalue weighted by molar-refractivity contribution is 0.221. The van der Waals surface area contributed by atoms with Crippen LogP contribution in [0.3, 0.4) is 0 Å². The van der Waals surface area contributed by atoms with E-state index < -0.39 is 0 Å². The van der Waals surface area contributed by atoms with Gasteiger partial charge in [-0.2, -0.15) is 0 Å². The average molecular weight is 255 g/mol. The molecule has 17 heavy (non-hydrogen) atoms. The Morgan fingerprint density at radius 1 is 1.24 bits per heavy atom. The van der Waals surface area contributed by atoms with Gasteiger partial charge >= 0.3 is 0 Å². The first kappa shape index (κ1) is 14.5. The van der Waals surface area contributed by atoms with Gasteiger partial charge in [-0.05, 0) is 11.8 Å². The second-order valence-electron chi connectivity index (χ2n) is 5.47. The summed E-state index contributed by atoms with van der Waals surface area (Å²) in [5, 5.41) is 2.75. The molecule has 0 aromatic carbocycles. The van der Waals surface area contributed by atoms with E-state index in [4.69, 9.17) is 5.73 Å². The topological polar surface area (TPSA) is 42.1 Å². The Balaban J connectivity index is 2.42. The van der Waals surface area contributed by atoms with Crippen LogP contribution in [-0.4, -0.2) is 29.5 Å². The van der Waals surface area contributed by atoms with Crippen molar-refractivity contribution in [3.63, 3.8) is 0 Å². The molecular formula is C13H25N3S. The fourth-order valence-electron chi connectivity index (χ4n) is 2.00. The quantitative estimate of drug-likeness (QED) is 0.814. The summed E-state index contributed by atoms with van der Waals surface area (Å²) in [4.78, 5) is 6.84. The number of hydrogen-bond acceptors (Lipinski definition) is 4. The van der Waals surface area contributed by atoms with Crippen LogP contribution < -0.4 is 5.73 Å². The third-order valence-electron chi connectivity index (χ3n) is 2.50. The number of aromatic nitrogens is 1. The SMILES string of the molecule is CC(C)CN(CCc1csc(N)n1)CC(C)C. The zero-order valence-electron chi connectivity index (χ0n) is 11.4. The fourth-order valence-corrected chi connectivity index (χ4v) is 2.60. The molecule has 4 heteroatoms. The maximum Gasteiger partial charge on any atom is 0.180 e. The van der Waals surface area contributed by atoms with Crippen LogP contribution in [0.25, 0.3) is 0 Å². The Labute approximate surface area is 109 Å². The summed E-state index contributed by atoms with van der Waals surface area (Å²) in [7, 11) is 0. The van der Waals surface area contributed by atoms with Gasteiger partial charge in [-0.25, -0.2) is 4.98 Å². The third-order valence-corrected chi connectivity index (χ3v) is 3.22. The van der Waals surface area contributed by atoms with E-state index in [0.717, 1.165) is 31.7 Å². The number of anilines is 1. The largest absolute Gasteiger partial charge is 0.375 e. The predicted molar refractivity (Wildman–Crippen MR) is 76.3 cm³/mol. The Bertz CT molecular complexity index is 310. The Morgan fingerprint density at radius 3 is 2.24 bits per heavy atom. The summed E-state index contributed by atoms with van der Waals surface area (Å²) in [6, 6.07) is 0. The molecule has 0 aliphatic heterocycles. The first-order valence-corrected chi connectivity index (χ1v) is 7.27. The molecule has 2 N–H and O–H groups in total. The first-order chi connectivity index (χ1) is 7.97. The Morgan fingerprint density at radius 2 is 1.82 bits per heavy atom. The van der Waals surface area contributed by atoms with Crippen molar-refractivity contribution in [2.45, 2.75) is 34.1 Å². The van der Waals surface area contributed by atoms with E-state index in [1.165, 1.54) is 11.3 Å². The molecule has 0 aliphatic rings. The molecule has 0 aliphatic carbocycles. The van der Waals surface area contributed by atoms with Crippen molar-refractivity contribution < 1.29 is 0 Å². The molecular weight excluding hydrogens is 230 g/mol. The number of hydrogen-bond donors (Lipinski definition) is 1. The lowest BCUT2D eigenvalue weighted by Crippen LogP contribution is -2.33. The molecule has 3 nitrogen and oxygen atoms in total. The highest BCUT2D eigenvalue weighted by Crippen LogP contribution is 2.12. The second-order valence-corrected chi connectivity index (χ2v) is 6.36. The number of nitrogens with zero attached hydrogens (tertiary/aromatic N) is 2. The van der Waals surface area contributed by atoms with Crippen molar-refractivity contribution in [1.29, 1.82) is 0 Å². The summed E-state index contributed by atoms with van der Waals surface area (Å²) in [6.07, 6.45) is 1.01. The zero-order chi connectivity index (χ0) is 12.8. The molecule has 1 heterocycles. The van der Waals surface area contributed by atoms with Crippen molar-refractivity contribution in [2.24, 2.45) is 11.8 Å². The van der Waals surface area contributed by atoms with Gasteiger partial charge in [0.05, 0.1) is 5.69 Å². The number of nitrogens with two attached hydrogens (primary N) is 1. The monoisotopic (exact) mass is 255 g/mol. The van der Waals surface area contributed by atoms with E-state index in [1.54, 1.807) is 0 Å². The molecule has 1 aromatic rings. The highest BCUT2D eigenvalue weighted by Gasteiger charge is 2.10. The summed E-state index contributed by atoms with van der Waals surface area (Å²) < 4.78 is 0. The number of rotatable bonds is 7. The summed E-state index contributed by atoms with van der Waals surface area (Å²) in [5.74, 6) is 1.43. The van der Waals surface area contributed by atoms with Crippen molar-refractivity contribution in [2.75, 3.05) is 25.4 Å². The molecule has 0 amide bonds. The highest BCUT2D eigenvalue weighted by atomic mass is 32.1. The van der Waals surface area contributed by atoms with Crippen LogP contribution in [-0.2, 0) is 6.42 Å². The van der Waals surface area contributed by atoms with Gasteiger partial charge in [-0.15, -0.1) is 11.3 Å². The Kier molecular flexibility index (Phi) is 5.92. The van der Waals surface area contributed by atoms with Gasteiger partial charge in [0, 0.05) is 31.4 Å². The maximum atomic E-state index is 5.64.